The monoisotopic (exact) mass is 342 g/mol. The maximum atomic E-state index is 12.6. The molecule has 8 heteroatoms. The van der Waals surface area contributed by atoms with Crippen LogP contribution in [-0.4, -0.2) is 25.0 Å². The van der Waals surface area contributed by atoms with Crippen LogP contribution in [0, 0.1) is 11.3 Å². The number of carbonyl (C=O) groups is 1. The number of carboxylic acid groups (broad SMARTS) is 1. The lowest BCUT2D eigenvalue weighted by molar-refractivity contribution is -0.145. The van der Waals surface area contributed by atoms with Gasteiger partial charge in [0.1, 0.15) is 16.5 Å². The number of sulfonamides is 1. The molecule has 6 nitrogen and oxygen atoms in total. The van der Waals surface area contributed by atoms with Gasteiger partial charge in [-0.05, 0) is 25.0 Å². The van der Waals surface area contributed by atoms with E-state index in [2.05, 4.69) is 4.72 Å². The lowest BCUT2D eigenvalue weighted by Gasteiger charge is -2.33. The molecule has 0 aromatic heterocycles. The Bertz CT molecular complexity index is 734. The fourth-order valence-corrected chi connectivity index (χ4v) is 4.53. The van der Waals surface area contributed by atoms with Crippen molar-refractivity contribution < 1.29 is 18.3 Å². The van der Waals surface area contributed by atoms with Crippen LogP contribution in [0.25, 0.3) is 0 Å². The second kappa shape index (κ2) is 6.24. The summed E-state index contributed by atoms with van der Waals surface area (Å²) < 4.78 is 27.4. The lowest BCUT2D eigenvalue weighted by Crippen LogP contribution is -2.55. The van der Waals surface area contributed by atoms with Crippen molar-refractivity contribution in [3.05, 3.63) is 28.8 Å². The minimum atomic E-state index is -4.17. The van der Waals surface area contributed by atoms with E-state index < -0.39 is 21.5 Å². The van der Waals surface area contributed by atoms with Crippen LogP contribution in [-0.2, 0) is 14.8 Å². The van der Waals surface area contributed by atoms with Gasteiger partial charge in [-0.25, -0.2) is 8.42 Å². The number of benzene rings is 1. The molecular weight excluding hydrogens is 328 g/mol. The van der Waals surface area contributed by atoms with Crippen molar-refractivity contribution in [1.29, 1.82) is 5.26 Å². The summed E-state index contributed by atoms with van der Waals surface area (Å²) in [6.07, 6.45) is 2.59. The summed E-state index contributed by atoms with van der Waals surface area (Å²) in [5.74, 6) is -1.20. The van der Waals surface area contributed by atoms with Crippen LogP contribution in [0.5, 0.6) is 0 Å². The van der Waals surface area contributed by atoms with Gasteiger partial charge >= 0.3 is 5.97 Å². The number of nitrogens with one attached hydrogen (secondary N) is 1. The number of hydrogen-bond donors (Lipinski definition) is 2. The van der Waals surface area contributed by atoms with Crippen LogP contribution in [0.4, 0.5) is 0 Å². The molecule has 0 bridgehead atoms. The Kier molecular flexibility index (Phi) is 4.75. The molecule has 0 amide bonds. The van der Waals surface area contributed by atoms with Gasteiger partial charge in [0.25, 0.3) is 0 Å². The van der Waals surface area contributed by atoms with Crippen molar-refractivity contribution in [2.45, 2.75) is 42.5 Å². The number of aliphatic carboxylic acids is 1. The standard InChI is InChI=1S/C14H15ClN2O4S/c15-11-5-4-6-12(10(11)9-16)22(20,21)17-14(13(18)19)7-2-1-3-8-14/h4-6,17H,1-3,7-8H2,(H,18,19). The molecule has 0 radical (unpaired) electrons. The van der Waals surface area contributed by atoms with E-state index in [0.717, 1.165) is 6.42 Å². The van der Waals surface area contributed by atoms with Gasteiger partial charge in [0, 0.05) is 0 Å². The molecule has 2 rings (SSSR count). The Hall–Kier alpha value is -1.62. The van der Waals surface area contributed by atoms with Gasteiger partial charge in [-0.2, -0.15) is 9.98 Å². The quantitative estimate of drug-likeness (QED) is 0.872. The molecule has 1 aliphatic rings. The van der Waals surface area contributed by atoms with Gasteiger partial charge in [-0.1, -0.05) is 36.9 Å². The number of rotatable bonds is 4. The van der Waals surface area contributed by atoms with Crippen molar-refractivity contribution in [2.75, 3.05) is 0 Å². The molecule has 118 valence electrons. The summed E-state index contributed by atoms with van der Waals surface area (Å²) in [4.78, 5) is 11.3. The van der Waals surface area contributed by atoms with E-state index in [-0.39, 0.29) is 28.3 Å². The molecule has 22 heavy (non-hydrogen) atoms. The average molecular weight is 343 g/mol. The van der Waals surface area contributed by atoms with Gasteiger partial charge in [-0.15, -0.1) is 0 Å². The van der Waals surface area contributed by atoms with Gasteiger partial charge in [0.15, 0.2) is 0 Å². The first kappa shape index (κ1) is 16.7. The summed E-state index contributed by atoms with van der Waals surface area (Å²) in [7, 11) is -4.17. The van der Waals surface area contributed by atoms with Crippen LogP contribution >= 0.6 is 11.6 Å². The Morgan fingerprint density at radius 3 is 2.50 bits per heavy atom. The largest absolute Gasteiger partial charge is 0.480 e. The van der Waals surface area contributed by atoms with Crippen LogP contribution in [0.3, 0.4) is 0 Å². The Balaban J connectivity index is 2.45. The smallest absolute Gasteiger partial charge is 0.324 e. The van der Waals surface area contributed by atoms with Gasteiger partial charge in [0.05, 0.1) is 10.6 Å². The molecule has 0 atom stereocenters. The molecule has 0 saturated heterocycles. The first-order chi connectivity index (χ1) is 10.3. The van der Waals surface area contributed by atoms with E-state index in [1.165, 1.54) is 18.2 Å². The number of nitrogens with zero attached hydrogens (tertiary/aromatic N) is 1. The van der Waals surface area contributed by atoms with Crippen molar-refractivity contribution in [1.82, 2.24) is 4.72 Å². The minimum Gasteiger partial charge on any atom is -0.480 e. The molecule has 2 N–H and O–H groups in total. The normalized spacial score (nSPS) is 17.6. The molecule has 1 saturated carbocycles. The molecule has 1 aromatic rings. The van der Waals surface area contributed by atoms with Crippen molar-refractivity contribution >= 4 is 27.6 Å². The number of halogens is 1. The lowest BCUT2D eigenvalue weighted by atomic mass is 9.83. The highest BCUT2D eigenvalue weighted by Crippen LogP contribution is 2.31. The fourth-order valence-electron chi connectivity index (χ4n) is 2.66. The first-order valence-corrected chi connectivity index (χ1v) is 8.64. The fraction of sp³-hybridized carbons (Fsp3) is 0.429. The predicted molar refractivity (Wildman–Crippen MR) is 79.9 cm³/mol. The molecule has 0 aliphatic heterocycles. The van der Waals surface area contributed by atoms with E-state index >= 15 is 0 Å². The third-order valence-electron chi connectivity index (χ3n) is 3.82. The van der Waals surface area contributed by atoms with Crippen LogP contribution < -0.4 is 4.72 Å². The maximum absolute atomic E-state index is 12.6. The minimum absolute atomic E-state index is 0.0124. The summed E-state index contributed by atoms with van der Waals surface area (Å²) in [5, 5.41) is 18.6. The number of hydrogen-bond acceptors (Lipinski definition) is 4. The van der Waals surface area contributed by atoms with E-state index in [4.69, 9.17) is 16.9 Å². The SMILES string of the molecule is N#Cc1c(Cl)cccc1S(=O)(=O)NC1(C(=O)O)CCCCC1. The van der Waals surface area contributed by atoms with Gasteiger partial charge in [0.2, 0.25) is 10.0 Å². The van der Waals surface area contributed by atoms with Crippen LogP contribution in [0.15, 0.2) is 23.1 Å². The molecule has 1 aromatic carbocycles. The molecule has 0 heterocycles. The summed E-state index contributed by atoms with van der Waals surface area (Å²) in [5.41, 5.74) is -1.71. The van der Waals surface area contributed by atoms with Crippen LogP contribution in [0.1, 0.15) is 37.7 Å². The van der Waals surface area contributed by atoms with Crippen molar-refractivity contribution in [3.63, 3.8) is 0 Å². The highest BCUT2D eigenvalue weighted by Gasteiger charge is 2.43. The van der Waals surface area contributed by atoms with E-state index in [1.807, 2.05) is 0 Å². The van der Waals surface area contributed by atoms with E-state index in [9.17, 15) is 18.3 Å². The third kappa shape index (κ3) is 3.09. The van der Waals surface area contributed by atoms with E-state index in [0.29, 0.717) is 12.8 Å². The Morgan fingerprint density at radius 2 is 1.95 bits per heavy atom. The molecule has 0 unspecified atom stereocenters. The highest BCUT2D eigenvalue weighted by molar-refractivity contribution is 7.89. The predicted octanol–water partition coefficient (Wildman–Crippen LogP) is 2.28. The maximum Gasteiger partial charge on any atom is 0.324 e. The summed E-state index contributed by atoms with van der Waals surface area (Å²) >= 11 is 5.84. The second-order valence-corrected chi connectivity index (χ2v) is 7.34. The zero-order chi connectivity index (χ0) is 16.4. The third-order valence-corrected chi connectivity index (χ3v) is 5.72. The number of carboxylic acids is 1. The average Bonchev–Trinajstić information content (AvgIpc) is 2.47. The number of nitriles is 1. The Morgan fingerprint density at radius 1 is 1.32 bits per heavy atom. The van der Waals surface area contributed by atoms with Crippen LogP contribution in [0.2, 0.25) is 5.02 Å². The molecular formula is C14H15ClN2O4S. The van der Waals surface area contributed by atoms with Gasteiger partial charge < -0.3 is 5.11 Å². The molecule has 0 spiro atoms. The van der Waals surface area contributed by atoms with Crippen molar-refractivity contribution in [2.24, 2.45) is 0 Å². The molecule has 1 aliphatic carbocycles. The zero-order valence-corrected chi connectivity index (χ0v) is 13.2. The first-order valence-electron chi connectivity index (χ1n) is 6.78. The summed E-state index contributed by atoms with van der Waals surface area (Å²) in [6, 6.07) is 5.81. The van der Waals surface area contributed by atoms with Crippen molar-refractivity contribution in [3.8, 4) is 6.07 Å². The van der Waals surface area contributed by atoms with E-state index in [1.54, 1.807) is 6.07 Å². The topological polar surface area (TPSA) is 107 Å². The Labute approximate surface area is 133 Å². The summed E-state index contributed by atoms with van der Waals surface area (Å²) in [6.45, 7) is 0. The highest BCUT2D eigenvalue weighted by atomic mass is 35.5. The molecule has 1 fully saturated rings. The second-order valence-electron chi connectivity index (χ2n) is 5.28. The van der Waals surface area contributed by atoms with Gasteiger partial charge in [-0.3, -0.25) is 4.79 Å². The zero-order valence-electron chi connectivity index (χ0n) is 11.7.